The summed E-state index contributed by atoms with van der Waals surface area (Å²) >= 11 is 0. The van der Waals surface area contributed by atoms with Crippen LogP contribution in [-0.4, -0.2) is 18.0 Å². The Morgan fingerprint density at radius 1 is 2.00 bits per heavy atom. The molecule has 0 saturated carbocycles. The largest absolute Gasteiger partial charge is 0.404 e. The van der Waals surface area contributed by atoms with Crippen LogP contribution in [-0.2, 0) is 0 Å². The topological polar surface area (TPSA) is 20.2 Å². The predicted molar refractivity (Wildman–Crippen MR) is 28.4 cm³/mol. The maximum Gasteiger partial charge on any atom is 0.190 e. The fourth-order valence-electron chi connectivity index (χ4n) is 0. The van der Waals surface area contributed by atoms with Gasteiger partial charge in [-0.15, -0.1) is 0 Å². The summed E-state index contributed by atoms with van der Waals surface area (Å²) in [5, 5.41) is 8.12. The van der Waals surface area contributed by atoms with Gasteiger partial charge in [0, 0.05) is 6.51 Å². The molecule has 0 aliphatic heterocycles. The van der Waals surface area contributed by atoms with Crippen LogP contribution < -0.4 is 0 Å². The van der Waals surface area contributed by atoms with Crippen LogP contribution in [0, 0.1) is 0 Å². The minimum atomic E-state index is 0.269. The third-order valence-corrected chi connectivity index (χ3v) is 0.499. The Balaban J connectivity index is 2.54. The molecule has 1 N–H and O–H groups in total. The first kappa shape index (κ1) is 5.45. The molecule has 0 rings (SSSR count). The van der Waals surface area contributed by atoms with Gasteiger partial charge in [0.15, 0.2) is 6.43 Å². The minimum absolute atomic E-state index is 0.269. The summed E-state index contributed by atoms with van der Waals surface area (Å²) in [4.78, 5) is 0. The molecule has 0 bridgehead atoms. The molecule has 0 aliphatic carbocycles. The van der Waals surface area contributed by atoms with Crippen LogP contribution in [0.15, 0.2) is 0 Å². The lowest BCUT2D eigenvalue weighted by atomic mass is 9.82. The van der Waals surface area contributed by atoms with E-state index in [9.17, 15) is 0 Å². The Kier molecular flexibility index (Phi) is 2.92. The zero-order chi connectivity index (χ0) is 4.28. The molecule has 0 fully saturated rings. The van der Waals surface area contributed by atoms with Crippen molar-refractivity contribution in [1.29, 1.82) is 0 Å². The molecule has 0 amide bonds. The molecule has 0 radical (unpaired) electrons. The molecule has 0 aromatic heterocycles. The Hall–Kier alpha value is 0.455. The second-order valence-electron chi connectivity index (χ2n) is 1.16. The minimum Gasteiger partial charge on any atom is -0.404 e. The molecule has 5 heavy (non-hydrogen) atoms. The van der Waals surface area contributed by atoms with Crippen LogP contribution in [0.3, 0.4) is 0 Å². The van der Waals surface area contributed by atoms with Gasteiger partial charge in [-0.25, -0.2) is 0 Å². The van der Waals surface area contributed by atoms with Crippen molar-refractivity contribution in [1.82, 2.24) is 0 Å². The molecule has 0 heterocycles. The lowest BCUT2D eigenvalue weighted by Gasteiger charge is -1.84. The van der Waals surface area contributed by atoms with Crippen molar-refractivity contribution in [3.63, 3.8) is 0 Å². The first-order chi connectivity index (χ1) is 2.27. The zero-order valence-electron chi connectivity index (χ0n) is 3.31. The van der Waals surface area contributed by atoms with E-state index in [1.807, 2.05) is 6.82 Å². The van der Waals surface area contributed by atoms with E-state index in [4.69, 9.17) is 5.11 Å². The highest BCUT2D eigenvalue weighted by atomic mass is 31.0. The average molecular weight is 89.9 g/mol. The average Bonchev–Trinajstić information content (AvgIpc) is 1.38. The molecular formula is C2H8BOP. The molecule has 1 unspecified atom stereocenters. The van der Waals surface area contributed by atoms with E-state index in [2.05, 4.69) is 9.12 Å². The third-order valence-electron chi connectivity index (χ3n) is 0.288. The molecule has 0 saturated heterocycles. The van der Waals surface area contributed by atoms with Gasteiger partial charge in [0.2, 0.25) is 0 Å². The summed E-state index contributed by atoms with van der Waals surface area (Å²) in [6.07, 6.45) is 0.356. The highest BCUT2D eigenvalue weighted by Crippen LogP contribution is 1.86. The van der Waals surface area contributed by atoms with E-state index in [1.165, 1.54) is 0 Å². The Morgan fingerprint density at radius 2 is 2.20 bits per heavy atom. The van der Waals surface area contributed by atoms with Gasteiger partial charge in [0.05, 0.1) is 0 Å². The standard InChI is InChI=1S/C2H8BOP/c1-3(5)2-4/h4H,2,5H2,1H3. The summed E-state index contributed by atoms with van der Waals surface area (Å²) in [7, 11) is 2.48. The van der Waals surface area contributed by atoms with E-state index in [0.29, 0.717) is 6.43 Å². The van der Waals surface area contributed by atoms with E-state index in [-0.39, 0.29) is 6.51 Å². The van der Waals surface area contributed by atoms with Gasteiger partial charge in [0.25, 0.3) is 0 Å². The van der Waals surface area contributed by atoms with Gasteiger partial charge in [-0.2, -0.15) is 9.12 Å². The number of hydrogen-bond donors (Lipinski definition) is 1. The molecule has 0 spiro atoms. The van der Waals surface area contributed by atoms with Gasteiger partial charge < -0.3 is 5.11 Å². The molecule has 1 nitrogen and oxygen atoms in total. The van der Waals surface area contributed by atoms with Crippen LogP contribution in [0.4, 0.5) is 0 Å². The van der Waals surface area contributed by atoms with Gasteiger partial charge in [-0.05, 0) is 0 Å². The van der Waals surface area contributed by atoms with Gasteiger partial charge in [-0.3, -0.25) is 0 Å². The van der Waals surface area contributed by atoms with Crippen LogP contribution in [0.25, 0.3) is 0 Å². The molecule has 30 valence electrons. The van der Waals surface area contributed by atoms with E-state index in [1.54, 1.807) is 0 Å². The zero-order valence-corrected chi connectivity index (χ0v) is 4.46. The predicted octanol–water partition coefficient (Wildman–Crippen LogP) is 0.0143. The maximum atomic E-state index is 8.12. The van der Waals surface area contributed by atoms with Gasteiger partial charge >= 0.3 is 0 Å². The summed E-state index contributed by atoms with van der Waals surface area (Å²) < 4.78 is 0. The molecule has 0 aromatic rings. The van der Waals surface area contributed by atoms with Crippen molar-refractivity contribution >= 4 is 15.6 Å². The number of aliphatic hydroxyl groups is 1. The van der Waals surface area contributed by atoms with Crippen molar-refractivity contribution in [3.8, 4) is 0 Å². The second-order valence-corrected chi connectivity index (χ2v) is 2.30. The van der Waals surface area contributed by atoms with Crippen molar-refractivity contribution in [2.45, 2.75) is 6.82 Å². The highest BCUT2D eigenvalue weighted by molar-refractivity contribution is 7.61. The molecule has 0 aromatic carbocycles. The van der Waals surface area contributed by atoms with Crippen LogP contribution in [0.1, 0.15) is 0 Å². The van der Waals surface area contributed by atoms with E-state index >= 15 is 0 Å². The summed E-state index contributed by atoms with van der Waals surface area (Å²) in [6, 6.07) is 0. The first-order valence-corrected chi connectivity index (χ1v) is 2.30. The Bertz CT molecular complexity index is 23.6. The van der Waals surface area contributed by atoms with Crippen LogP contribution in [0.2, 0.25) is 6.82 Å². The molecular weight excluding hydrogens is 81.8 g/mol. The Morgan fingerprint density at radius 3 is 2.20 bits per heavy atom. The Labute approximate surface area is 35.0 Å². The highest BCUT2D eigenvalue weighted by Gasteiger charge is 1.89. The van der Waals surface area contributed by atoms with Crippen molar-refractivity contribution in [2.24, 2.45) is 0 Å². The third kappa shape index (κ3) is 4.45. The second kappa shape index (κ2) is 2.68. The summed E-state index contributed by atoms with van der Waals surface area (Å²) in [5.74, 6) is 0. The van der Waals surface area contributed by atoms with Crippen molar-refractivity contribution < 1.29 is 5.11 Å². The van der Waals surface area contributed by atoms with Crippen molar-refractivity contribution in [3.05, 3.63) is 0 Å². The SMILES string of the molecule is CB(P)CO. The lowest BCUT2D eigenvalue weighted by Crippen LogP contribution is -2.00. The first-order valence-electron chi connectivity index (χ1n) is 1.64. The van der Waals surface area contributed by atoms with E-state index < -0.39 is 0 Å². The summed E-state index contributed by atoms with van der Waals surface area (Å²) in [5.41, 5.74) is 0. The maximum absolute atomic E-state index is 8.12. The number of hydrogen-bond acceptors (Lipinski definition) is 1. The van der Waals surface area contributed by atoms with Gasteiger partial charge in [0.1, 0.15) is 0 Å². The normalized spacial score (nSPS) is 7.80. The summed E-state index contributed by atoms with van der Waals surface area (Å²) in [6.45, 7) is 2.20. The van der Waals surface area contributed by atoms with Crippen molar-refractivity contribution in [2.75, 3.05) is 6.51 Å². The number of aliphatic hydroxyl groups excluding tert-OH is 1. The monoisotopic (exact) mass is 90.0 g/mol. The quantitative estimate of drug-likeness (QED) is 0.355. The smallest absolute Gasteiger partial charge is 0.190 e. The lowest BCUT2D eigenvalue weighted by molar-refractivity contribution is 0.365. The van der Waals surface area contributed by atoms with Gasteiger partial charge in [-0.1, -0.05) is 6.82 Å². The molecule has 1 atom stereocenters. The fraction of sp³-hybridized carbons (Fsp3) is 1.00. The fourth-order valence-corrected chi connectivity index (χ4v) is 0. The van der Waals surface area contributed by atoms with Crippen LogP contribution in [0.5, 0.6) is 0 Å². The molecule has 0 aliphatic rings. The van der Waals surface area contributed by atoms with Crippen LogP contribution >= 0.6 is 9.12 Å². The molecule has 3 heteroatoms. The number of rotatable bonds is 1. The van der Waals surface area contributed by atoms with E-state index in [0.717, 1.165) is 0 Å².